The summed E-state index contributed by atoms with van der Waals surface area (Å²) >= 11 is 0. The SMILES string of the molecule is Cc1ccc(NC(N)=NCc2ncc(C(F)(F)F)cn2)cc1C. The van der Waals surface area contributed by atoms with Crippen molar-refractivity contribution >= 4 is 11.6 Å². The van der Waals surface area contributed by atoms with Crippen molar-refractivity contribution in [2.75, 3.05) is 5.32 Å². The smallest absolute Gasteiger partial charge is 0.370 e. The predicted octanol–water partition coefficient (Wildman–Crippen LogP) is 3.04. The van der Waals surface area contributed by atoms with Crippen molar-refractivity contribution in [3.05, 3.63) is 53.1 Å². The third-order valence-electron chi connectivity index (χ3n) is 3.20. The lowest BCUT2D eigenvalue weighted by atomic mass is 10.1. The molecule has 2 rings (SSSR count). The Balaban J connectivity index is 2.00. The Bertz CT molecular complexity index is 708. The van der Waals surface area contributed by atoms with E-state index in [2.05, 4.69) is 20.3 Å². The number of aromatic nitrogens is 2. The van der Waals surface area contributed by atoms with E-state index in [4.69, 9.17) is 5.73 Å². The van der Waals surface area contributed by atoms with Gasteiger partial charge in [-0.15, -0.1) is 0 Å². The number of nitrogens with zero attached hydrogens (tertiary/aromatic N) is 3. The van der Waals surface area contributed by atoms with Gasteiger partial charge in [0.15, 0.2) is 5.96 Å². The Morgan fingerprint density at radius 2 is 1.83 bits per heavy atom. The van der Waals surface area contributed by atoms with Gasteiger partial charge in [-0.05, 0) is 37.1 Å². The van der Waals surface area contributed by atoms with Gasteiger partial charge < -0.3 is 11.1 Å². The van der Waals surface area contributed by atoms with Crippen molar-refractivity contribution in [3.8, 4) is 0 Å². The van der Waals surface area contributed by atoms with Crippen molar-refractivity contribution in [3.63, 3.8) is 0 Å². The summed E-state index contributed by atoms with van der Waals surface area (Å²) in [4.78, 5) is 11.3. The molecule has 122 valence electrons. The molecule has 0 aliphatic carbocycles. The molecule has 0 atom stereocenters. The number of aryl methyl sites for hydroxylation is 2. The summed E-state index contributed by atoms with van der Waals surface area (Å²) in [6.45, 7) is 3.96. The molecule has 3 N–H and O–H groups in total. The maximum atomic E-state index is 12.4. The van der Waals surface area contributed by atoms with Crippen LogP contribution in [0.3, 0.4) is 0 Å². The topological polar surface area (TPSA) is 76.2 Å². The minimum Gasteiger partial charge on any atom is -0.370 e. The van der Waals surface area contributed by atoms with E-state index in [0.717, 1.165) is 29.2 Å². The van der Waals surface area contributed by atoms with Gasteiger partial charge in [-0.1, -0.05) is 6.07 Å². The van der Waals surface area contributed by atoms with Crippen LogP contribution in [0, 0.1) is 13.8 Å². The number of rotatable bonds is 3. The molecule has 1 aromatic heterocycles. The third kappa shape index (κ3) is 4.67. The number of anilines is 1. The summed E-state index contributed by atoms with van der Waals surface area (Å²) in [6, 6.07) is 5.73. The van der Waals surface area contributed by atoms with Gasteiger partial charge in [0.1, 0.15) is 12.4 Å². The Hall–Kier alpha value is -2.64. The van der Waals surface area contributed by atoms with Gasteiger partial charge in [0.25, 0.3) is 0 Å². The predicted molar refractivity (Wildman–Crippen MR) is 81.9 cm³/mol. The number of aliphatic imine (C=N–C) groups is 1. The van der Waals surface area contributed by atoms with Crippen LogP contribution < -0.4 is 11.1 Å². The summed E-state index contributed by atoms with van der Waals surface area (Å²) in [5.41, 5.74) is 7.89. The van der Waals surface area contributed by atoms with Gasteiger partial charge >= 0.3 is 6.18 Å². The van der Waals surface area contributed by atoms with Gasteiger partial charge in [-0.3, -0.25) is 0 Å². The molecule has 0 radical (unpaired) electrons. The second kappa shape index (κ2) is 6.64. The zero-order valence-corrected chi connectivity index (χ0v) is 12.6. The maximum Gasteiger partial charge on any atom is 0.419 e. The molecule has 0 unspecified atom stereocenters. The molecule has 0 saturated heterocycles. The van der Waals surface area contributed by atoms with E-state index in [1.807, 2.05) is 32.0 Å². The first-order valence-corrected chi connectivity index (χ1v) is 6.78. The summed E-state index contributed by atoms with van der Waals surface area (Å²) in [6.07, 6.45) is -3.00. The number of hydrogen-bond acceptors (Lipinski definition) is 3. The molecule has 8 heteroatoms. The van der Waals surface area contributed by atoms with Crippen LogP contribution >= 0.6 is 0 Å². The van der Waals surface area contributed by atoms with E-state index >= 15 is 0 Å². The fraction of sp³-hybridized carbons (Fsp3) is 0.267. The number of halogens is 3. The fourth-order valence-electron chi connectivity index (χ4n) is 1.75. The van der Waals surface area contributed by atoms with Crippen molar-refractivity contribution in [2.24, 2.45) is 10.7 Å². The highest BCUT2D eigenvalue weighted by atomic mass is 19.4. The Morgan fingerprint density at radius 1 is 1.17 bits per heavy atom. The lowest BCUT2D eigenvalue weighted by Gasteiger charge is -2.08. The monoisotopic (exact) mass is 323 g/mol. The van der Waals surface area contributed by atoms with Crippen molar-refractivity contribution < 1.29 is 13.2 Å². The minimum atomic E-state index is -4.45. The van der Waals surface area contributed by atoms with Gasteiger partial charge in [0.05, 0.1) is 5.56 Å². The highest BCUT2D eigenvalue weighted by Gasteiger charge is 2.31. The van der Waals surface area contributed by atoms with Crippen LogP contribution in [-0.4, -0.2) is 15.9 Å². The zero-order chi connectivity index (χ0) is 17.0. The molecule has 1 heterocycles. The average molecular weight is 323 g/mol. The molecule has 0 saturated carbocycles. The van der Waals surface area contributed by atoms with E-state index in [1.54, 1.807) is 0 Å². The van der Waals surface area contributed by atoms with Crippen LogP contribution in [0.15, 0.2) is 35.6 Å². The molecule has 0 fully saturated rings. The summed E-state index contributed by atoms with van der Waals surface area (Å²) in [5, 5.41) is 2.91. The largest absolute Gasteiger partial charge is 0.419 e. The molecule has 0 aliphatic rings. The number of hydrogen-bond donors (Lipinski definition) is 2. The number of alkyl halides is 3. The van der Waals surface area contributed by atoms with E-state index in [-0.39, 0.29) is 18.3 Å². The zero-order valence-electron chi connectivity index (χ0n) is 12.6. The van der Waals surface area contributed by atoms with Crippen LogP contribution in [0.2, 0.25) is 0 Å². The van der Waals surface area contributed by atoms with Crippen LogP contribution in [0.1, 0.15) is 22.5 Å². The summed E-state index contributed by atoms with van der Waals surface area (Å²) in [7, 11) is 0. The van der Waals surface area contributed by atoms with Crippen LogP contribution in [-0.2, 0) is 12.7 Å². The van der Waals surface area contributed by atoms with Crippen molar-refractivity contribution in [1.82, 2.24) is 9.97 Å². The molecular weight excluding hydrogens is 307 g/mol. The third-order valence-corrected chi connectivity index (χ3v) is 3.20. The molecule has 23 heavy (non-hydrogen) atoms. The number of guanidine groups is 1. The van der Waals surface area contributed by atoms with E-state index in [1.165, 1.54) is 0 Å². The van der Waals surface area contributed by atoms with Crippen LogP contribution in [0.25, 0.3) is 0 Å². The Kier molecular flexibility index (Phi) is 4.83. The first-order valence-electron chi connectivity index (χ1n) is 6.78. The number of nitrogens with one attached hydrogen (secondary N) is 1. The van der Waals surface area contributed by atoms with Gasteiger partial charge in [0, 0.05) is 18.1 Å². The van der Waals surface area contributed by atoms with Gasteiger partial charge in [-0.2, -0.15) is 13.2 Å². The van der Waals surface area contributed by atoms with Crippen LogP contribution in [0.4, 0.5) is 18.9 Å². The lowest BCUT2D eigenvalue weighted by Crippen LogP contribution is -2.22. The average Bonchev–Trinajstić information content (AvgIpc) is 2.48. The molecule has 0 aliphatic heterocycles. The standard InChI is InChI=1S/C15H16F3N5/c1-9-3-4-12(5-10(9)2)23-14(19)22-8-13-20-6-11(7-21-13)15(16,17)18/h3-7H,8H2,1-2H3,(H3,19,22,23). The van der Waals surface area contributed by atoms with Gasteiger partial charge in [0.2, 0.25) is 0 Å². The second-order valence-corrected chi connectivity index (χ2v) is 5.01. The highest BCUT2D eigenvalue weighted by Crippen LogP contribution is 2.27. The van der Waals surface area contributed by atoms with Crippen molar-refractivity contribution in [2.45, 2.75) is 26.6 Å². The Labute approximate surface area is 131 Å². The molecule has 0 bridgehead atoms. The molecular formula is C15H16F3N5. The summed E-state index contributed by atoms with van der Waals surface area (Å²) < 4.78 is 37.2. The highest BCUT2D eigenvalue weighted by molar-refractivity contribution is 5.92. The maximum absolute atomic E-state index is 12.4. The second-order valence-electron chi connectivity index (χ2n) is 5.01. The number of benzene rings is 1. The van der Waals surface area contributed by atoms with E-state index in [9.17, 15) is 13.2 Å². The molecule has 2 aromatic rings. The van der Waals surface area contributed by atoms with Gasteiger partial charge in [-0.25, -0.2) is 15.0 Å². The lowest BCUT2D eigenvalue weighted by molar-refractivity contribution is -0.138. The molecule has 5 nitrogen and oxygen atoms in total. The fourth-order valence-corrected chi connectivity index (χ4v) is 1.75. The Morgan fingerprint density at radius 3 is 2.39 bits per heavy atom. The molecule has 1 aromatic carbocycles. The molecule has 0 amide bonds. The van der Waals surface area contributed by atoms with E-state index in [0.29, 0.717) is 0 Å². The number of nitrogens with two attached hydrogens (primary N) is 1. The van der Waals surface area contributed by atoms with Crippen LogP contribution in [0.5, 0.6) is 0 Å². The van der Waals surface area contributed by atoms with E-state index < -0.39 is 11.7 Å². The quantitative estimate of drug-likeness (QED) is 0.672. The van der Waals surface area contributed by atoms with Crippen molar-refractivity contribution in [1.29, 1.82) is 0 Å². The first-order chi connectivity index (χ1) is 10.8. The molecule has 0 spiro atoms. The normalized spacial score (nSPS) is 12.3. The minimum absolute atomic E-state index is 0.0121. The first kappa shape index (κ1) is 16.7. The summed E-state index contributed by atoms with van der Waals surface area (Å²) in [5.74, 6) is 0.291.